The summed E-state index contributed by atoms with van der Waals surface area (Å²) >= 11 is 0. The SMILES string of the molecule is CCOc1ccc(N2C[C@H](C(=O)Nc3ccc(OC(C)C)cc3)CC2=O)cc1. The average molecular weight is 382 g/mol. The molecule has 0 aromatic heterocycles. The second kappa shape index (κ2) is 8.78. The molecule has 1 atom stereocenters. The summed E-state index contributed by atoms with van der Waals surface area (Å²) in [6.07, 6.45) is 0.298. The first-order valence-electron chi connectivity index (χ1n) is 9.57. The smallest absolute Gasteiger partial charge is 0.229 e. The van der Waals surface area contributed by atoms with Gasteiger partial charge in [0.05, 0.1) is 18.6 Å². The van der Waals surface area contributed by atoms with Gasteiger partial charge in [0.2, 0.25) is 11.8 Å². The first kappa shape index (κ1) is 19.7. The van der Waals surface area contributed by atoms with Crippen molar-refractivity contribution in [2.75, 3.05) is 23.4 Å². The predicted octanol–water partition coefficient (Wildman–Crippen LogP) is 3.86. The van der Waals surface area contributed by atoms with Crippen LogP contribution in [0.1, 0.15) is 27.2 Å². The Bertz CT molecular complexity index is 815. The van der Waals surface area contributed by atoms with Gasteiger partial charge in [-0.3, -0.25) is 9.59 Å². The lowest BCUT2D eigenvalue weighted by Gasteiger charge is -2.17. The number of hydrogen-bond donors (Lipinski definition) is 1. The van der Waals surface area contributed by atoms with Gasteiger partial charge in [-0.05, 0) is 69.3 Å². The van der Waals surface area contributed by atoms with E-state index < -0.39 is 0 Å². The molecule has 148 valence electrons. The van der Waals surface area contributed by atoms with Crippen LogP contribution in [-0.2, 0) is 9.59 Å². The molecule has 1 heterocycles. The van der Waals surface area contributed by atoms with E-state index >= 15 is 0 Å². The molecule has 3 rings (SSSR count). The monoisotopic (exact) mass is 382 g/mol. The molecule has 6 heteroatoms. The van der Waals surface area contributed by atoms with Crippen molar-refractivity contribution >= 4 is 23.2 Å². The fourth-order valence-corrected chi connectivity index (χ4v) is 3.16. The van der Waals surface area contributed by atoms with Gasteiger partial charge in [0.15, 0.2) is 0 Å². The number of benzene rings is 2. The van der Waals surface area contributed by atoms with E-state index in [0.717, 1.165) is 17.2 Å². The molecule has 2 aromatic rings. The van der Waals surface area contributed by atoms with Crippen LogP contribution in [-0.4, -0.2) is 31.1 Å². The van der Waals surface area contributed by atoms with Gasteiger partial charge in [-0.15, -0.1) is 0 Å². The molecule has 28 heavy (non-hydrogen) atoms. The zero-order valence-corrected chi connectivity index (χ0v) is 16.5. The third kappa shape index (κ3) is 4.82. The molecule has 0 spiro atoms. The van der Waals surface area contributed by atoms with E-state index in [-0.39, 0.29) is 30.3 Å². The molecule has 0 aliphatic carbocycles. The molecule has 2 aromatic carbocycles. The first-order chi connectivity index (χ1) is 13.5. The van der Waals surface area contributed by atoms with Gasteiger partial charge in [-0.25, -0.2) is 0 Å². The second-order valence-electron chi connectivity index (χ2n) is 7.01. The van der Waals surface area contributed by atoms with Gasteiger partial charge in [0.1, 0.15) is 11.5 Å². The number of nitrogens with one attached hydrogen (secondary N) is 1. The molecule has 1 aliphatic rings. The van der Waals surface area contributed by atoms with E-state index in [4.69, 9.17) is 9.47 Å². The van der Waals surface area contributed by atoms with Crippen molar-refractivity contribution in [3.05, 3.63) is 48.5 Å². The van der Waals surface area contributed by atoms with Gasteiger partial charge in [0.25, 0.3) is 0 Å². The lowest BCUT2D eigenvalue weighted by atomic mass is 10.1. The normalized spacial score (nSPS) is 16.4. The van der Waals surface area contributed by atoms with Crippen LogP contribution < -0.4 is 19.7 Å². The molecular weight excluding hydrogens is 356 g/mol. The molecule has 0 unspecified atom stereocenters. The number of hydrogen-bond acceptors (Lipinski definition) is 4. The highest BCUT2D eigenvalue weighted by atomic mass is 16.5. The maximum atomic E-state index is 12.6. The molecule has 1 saturated heterocycles. The van der Waals surface area contributed by atoms with Crippen molar-refractivity contribution in [2.24, 2.45) is 5.92 Å². The second-order valence-corrected chi connectivity index (χ2v) is 7.01. The number of anilines is 2. The van der Waals surface area contributed by atoms with Crippen molar-refractivity contribution < 1.29 is 19.1 Å². The third-order valence-corrected chi connectivity index (χ3v) is 4.45. The molecule has 1 fully saturated rings. The van der Waals surface area contributed by atoms with Crippen LogP contribution in [0.5, 0.6) is 11.5 Å². The minimum absolute atomic E-state index is 0.0509. The zero-order valence-electron chi connectivity index (χ0n) is 16.5. The highest BCUT2D eigenvalue weighted by Crippen LogP contribution is 2.28. The molecule has 6 nitrogen and oxygen atoms in total. The molecule has 2 amide bonds. The number of carbonyl (C=O) groups excluding carboxylic acids is 2. The summed E-state index contributed by atoms with van der Waals surface area (Å²) in [6, 6.07) is 14.6. The fraction of sp³-hybridized carbons (Fsp3) is 0.364. The van der Waals surface area contributed by atoms with Crippen molar-refractivity contribution in [2.45, 2.75) is 33.3 Å². The Morgan fingerprint density at radius 1 is 1.11 bits per heavy atom. The minimum Gasteiger partial charge on any atom is -0.494 e. The zero-order chi connectivity index (χ0) is 20.1. The number of nitrogens with zero attached hydrogens (tertiary/aromatic N) is 1. The van der Waals surface area contributed by atoms with Crippen molar-refractivity contribution in [3.8, 4) is 11.5 Å². The predicted molar refractivity (Wildman–Crippen MR) is 109 cm³/mol. The summed E-state index contributed by atoms with van der Waals surface area (Å²) in [5.41, 5.74) is 1.46. The van der Waals surface area contributed by atoms with Crippen molar-refractivity contribution in [1.29, 1.82) is 0 Å². The molecular formula is C22H26N2O4. The Kier molecular flexibility index (Phi) is 6.19. The molecule has 1 aliphatic heterocycles. The summed E-state index contributed by atoms with van der Waals surface area (Å²) in [5.74, 6) is 0.928. The number of rotatable bonds is 7. The summed E-state index contributed by atoms with van der Waals surface area (Å²) < 4.78 is 11.0. The van der Waals surface area contributed by atoms with E-state index in [1.807, 2.05) is 57.2 Å². The van der Waals surface area contributed by atoms with Gasteiger partial charge in [-0.1, -0.05) is 0 Å². The Hall–Kier alpha value is -3.02. The van der Waals surface area contributed by atoms with Crippen LogP contribution in [0.4, 0.5) is 11.4 Å². The van der Waals surface area contributed by atoms with E-state index in [1.54, 1.807) is 17.0 Å². The Morgan fingerprint density at radius 2 is 1.75 bits per heavy atom. The van der Waals surface area contributed by atoms with E-state index in [1.165, 1.54) is 0 Å². The van der Waals surface area contributed by atoms with Crippen molar-refractivity contribution in [3.63, 3.8) is 0 Å². The average Bonchev–Trinajstić information content (AvgIpc) is 3.06. The fourth-order valence-electron chi connectivity index (χ4n) is 3.16. The maximum Gasteiger partial charge on any atom is 0.229 e. The quantitative estimate of drug-likeness (QED) is 0.789. The van der Waals surface area contributed by atoms with E-state index in [9.17, 15) is 9.59 Å². The molecule has 1 N–H and O–H groups in total. The number of carbonyl (C=O) groups is 2. The molecule has 0 bridgehead atoms. The van der Waals surface area contributed by atoms with E-state index in [2.05, 4.69) is 5.32 Å². The molecule has 0 radical (unpaired) electrons. The standard InChI is InChI=1S/C22H26N2O4/c1-4-27-19-11-7-18(8-12-19)24-14-16(13-21(24)25)22(26)23-17-5-9-20(10-6-17)28-15(2)3/h5-12,15-16H,4,13-14H2,1-3H3,(H,23,26)/t16-/m1/s1. The van der Waals surface area contributed by atoms with E-state index in [0.29, 0.717) is 18.8 Å². The lowest BCUT2D eigenvalue weighted by Crippen LogP contribution is -2.28. The Morgan fingerprint density at radius 3 is 2.36 bits per heavy atom. The van der Waals surface area contributed by atoms with Crippen LogP contribution in [0.25, 0.3) is 0 Å². The number of ether oxygens (including phenoxy) is 2. The van der Waals surface area contributed by atoms with Crippen LogP contribution in [0.3, 0.4) is 0 Å². The van der Waals surface area contributed by atoms with Gasteiger partial charge in [-0.2, -0.15) is 0 Å². The summed E-state index contributed by atoms with van der Waals surface area (Å²) in [5, 5.41) is 2.89. The third-order valence-electron chi connectivity index (χ3n) is 4.45. The highest BCUT2D eigenvalue weighted by Gasteiger charge is 2.35. The Balaban J connectivity index is 1.60. The van der Waals surface area contributed by atoms with Crippen LogP contribution in [0.15, 0.2) is 48.5 Å². The molecule has 0 saturated carbocycles. The van der Waals surface area contributed by atoms with Crippen LogP contribution in [0.2, 0.25) is 0 Å². The first-order valence-corrected chi connectivity index (χ1v) is 9.57. The summed E-state index contributed by atoms with van der Waals surface area (Å²) in [7, 11) is 0. The summed E-state index contributed by atoms with van der Waals surface area (Å²) in [6.45, 7) is 6.81. The van der Waals surface area contributed by atoms with Crippen LogP contribution >= 0.6 is 0 Å². The summed E-state index contributed by atoms with van der Waals surface area (Å²) in [4.78, 5) is 26.6. The van der Waals surface area contributed by atoms with Gasteiger partial charge in [0, 0.05) is 24.3 Å². The van der Waals surface area contributed by atoms with Gasteiger partial charge >= 0.3 is 0 Å². The highest BCUT2D eigenvalue weighted by molar-refractivity contribution is 6.03. The topological polar surface area (TPSA) is 67.9 Å². The van der Waals surface area contributed by atoms with Gasteiger partial charge < -0.3 is 19.7 Å². The largest absolute Gasteiger partial charge is 0.494 e. The maximum absolute atomic E-state index is 12.6. The number of amides is 2. The lowest BCUT2D eigenvalue weighted by molar-refractivity contribution is -0.122. The van der Waals surface area contributed by atoms with Crippen LogP contribution in [0, 0.1) is 5.92 Å². The Labute approximate surface area is 165 Å². The van der Waals surface area contributed by atoms with Crippen molar-refractivity contribution in [1.82, 2.24) is 0 Å². The minimum atomic E-state index is -0.384.